The van der Waals surface area contributed by atoms with Gasteiger partial charge in [-0.3, -0.25) is 4.79 Å². The Balaban J connectivity index is 0.000000168. The van der Waals surface area contributed by atoms with Crippen molar-refractivity contribution >= 4 is 11.6 Å². The van der Waals surface area contributed by atoms with Gasteiger partial charge in [0.2, 0.25) is 5.28 Å². The van der Waals surface area contributed by atoms with Crippen LogP contribution in [0.25, 0.3) is 11.5 Å². The quantitative estimate of drug-likeness (QED) is 0.115. The number of aryl methyl sites for hydroxylation is 4. The second-order valence-corrected chi connectivity index (χ2v) is 13.5. The van der Waals surface area contributed by atoms with E-state index in [1.54, 1.807) is 25.0 Å². The third-order valence-electron chi connectivity index (χ3n) is 8.39. The average Bonchev–Trinajstić information content (AvgIpc) is 3.85. The van der Waals surface area contributed by atoms with Crippen molar-refractivity contribution in [3.05, 3.63) is 182 Å². The fourth-order valence-corrected chi connectivity index (χ4v) is 6.40. The lowest BCUT2D eigenvalue weighted by atomic mass is 9.85. The minimum atomic E-state index is -0.0768. The molecule has 3 aromatic carbocycles. The Morgan fingerprint density at radius 2 is 1.00 bits per heavy atom. The summed E-state index contributed by atoms with van der Waals surface area (Å²) in [4.78, 5) is 40.7. The molecule has 7 rings (SSSR count). The zero-order valence-corrected chi connectivity index (χ0v) is 32.5. The number of imidazole rings is 2. The lowest BCUT2D eigenvalue weighted by Gasteiger charge is -2.18. The summed E-state index contributed by atoms with van der Waals surface area (Å²) < 4.78 is 0. The molecule has 0 spiro atoms. The van der Waals surface area contributed by atoms with Gasteiger partial charge in [-0.25, -0.2) is 24.9 Å². The molecule has 53 heavy (non-hydrogen) atoms. The van der Waals surface area contributed by atoms with Crippen LogP contribution >= 0.6 is 11.6 Å². The predicted octanol–water partition coefficient (Wildman–Crippen LogP) is 10.0. The number of hydrogen-bond donors (Lipinski definition) is 3. The molecule has 0 aliphatic carbocycles. The van der Waals surface area contributed by atoms with E-state index in [9.17, 15) is 4.79 Å². The van der Waals surface area contributed by atoms with Gasteiger partial charge < -0.3 is 15.0 Å². The van der Waals surface area contributed by atoms with Gasteiger partial charge in [0.15, 0.2) is 5.82 Å². The van der Waals surface area contributed by atoms with Crippen molar-refractivity contribution < 1.29 is 0 Å². The average molecular weight is 729 g/mol. The summed E-state index contributed by atoms with van der Waals surface area (Å²) in [6.07, 6.45) is 6.63. The summed E-state index contributed by atoms with van der Waals surface area (Å²) in [5, 5.41) is 0.342. The summed E-state index contributed by atoms with van der Waals surface area (Å²) >= 11 is 5.70. The number of aromatic nitrogens is 8. The van der Waals surface area contributed by atoms with Gasteiger partial charge in [-0.1, -0.05) is 119 Å². The van der Waals surface area contributed by atoms with E-state index in [4.69, 9.17) is 11.6 Å². The van der Waals surface area contributed by atoms with Gasteiger partial charge >= 0.3 is 0 Å². The number of hydrogen-bond acceptors (Lipinski definition) is 6. The number of halogens is 1. The van der Waals surface area contributed by atoms with Crippen LogP contribution in [0.1, 0.15) is 96.0 Å². The van der Waals surface area contributed by atoms with Crippen molar-refractivity contribution in [2.45, 2.75) is 73.1 Å². The van der Waals surface area contributed by atoms with Gasteiger partial charge in [0.05, 0.1) is 18.9 Å². The highest BCUT2D eigenvalue weighted by Crippen LogP contribution is 2.31. The molecule has 4 aromatic heterocycles. The molecule has 0 radical (unpaired) electrons. The Kier molecular flexibility index (Phi) is 15.0. The molecule has 0 aliphatic rings. The van der Waals surface area contributed by atoms with Crippen LogP contribution in [0.4, 0.5) is 0 Å². The summed E-state index contributed by atoms with van der Waals surface area (Å²) in [5.74, 6) is 1.47. The van der Waals surface area contributed by atoms with Crippen molar-refractivity contribution in [3.63, 3.8) is 0 Å². The molecule has 4 heterocycles. The number of benzene rings is 3. The van der Waals surface area contributed by atoms with E-state index < -0.39 is 0 Å². The minimum absolute atomic E-state index is 0.0768. The Hall–Kier alpha value is -5.67. The maximum Gasteiger partial charge on any atom is 0.254 e. The van der Waals surface area contributed by atoms with Crippen LogP contribution < -0.4 is 5.56 Å². The van der Waals surface area contributed by atoms with Gasteiger partial charge in [-0.05, 0) is 73.4 Å². The third-order valence-corrected chi connectivity index (χ3v) is 8.56. The zero-order chi connectivity index (χ0) is 38.3. The van der Waals surface area contributed by atoms with Crippen LogP contribution in [-0.2, 0) is 0 Å². The first-order valence-corrected chi connectivity index (χ1v) is 18.0. The number of aromatic amines is 3. The fourth-order valence-electron chi connectivity index (χ4n) is 6.15. The van der Waals surface area contributed by atoms with Crippen LogP contribution in [0.2, 0.25) is 5.28 Å². The van der Waals surface area contributed by atoms with E-state index in [1.165, 1.54) is 22.3 Å². The minimum Gasteiger partial charge on any atom is -0.349 e. The molecule has 0 atom stereocenters. The topological polar surface area (TPSA) is 129 Å². The van der Waals surface area contributed by atoms with Gasteiger partial charge in [0, 0.05) is 40.5 Å². The molecular formula is C43H49ClN8O. The summed E-state index contributed by atoms with van der Waals surface area (Å²) in [5.41, 5.74) is 10.4. The van der Waals surface area contributed by atoms with E-state index in [0.29, 0.717) is 22.9 Å². The molecule has 0 unspecified atom stereocenters. The van der Waals surface area contributed by atoms with Crippen LogP contribution in [0, 0.1) is 27.7 Å². The summed E-state index contributed by atoms with van der Waals surface area (Å²) in [7, 11) is 0. The van der Waals surface area contributed by atoms with Crippen molar-refractivity contribution in [3.8, 4) is 11.5 Å². The molecule has 3 N–H and O–H groups in total. The number of H-pyrrole nitrogens is 3. The molecule has 0 aliphatic heterocycles. The molecule has 7 aromatic rings. The second kappa shape index (κ2) is 19.8. The van der Waals surface area contributed by atoms with Crippen LogP contribution in [0.5, 0.6) is 0 Å². The largest absolute Gasteiger partial charge is 0.349 e. The monoisotopic (exact) mass is 728 g/mol. The Morgan fingerprint density at radius 3 is 1.34 bits per heavy atom. The van der Waals surface area contributed by atoms with E-state index in [2.05, 4.69) is 145 Å². The van der Waals surface area contributed by atoms with E-state index in [-0.39, 0.29) is 11.5 Å². The molecule has 0 bridgehead atoms. The Bertz CT molecular complexity index is 2030. The summed E-state index contributed by atoms with van der Waals surface area (Å²) in [6.45, 7) is 16.0. The van der Waals surface area contributed by atoms with Crippen molar-refractivity contribution in [1.29, 1.82) is 0 Å². The molecule has 0 amide bonds. The molecule has 0 saturated heterocycles. The number of nitrogens with one attached hydrogen (secondary N) is 3. The fraction of sp³-hybridized carbons (Fsp3) is 0.256. The van der Waals surface area contributed by atoms with E-state index in [0.717, 1.165) is 34.0 Å². The van der Waals surface area contributed by atoms with Crippen LogP contribution in [-0.4, -0.2) is 39.9 Å². The second-order valence-electron chi connectivity index (χ2n) is 13.2. The molecular weight excluding hydrogens is 680 g/mol. The smallest absolute Gasteiger partial charge is 0.254 e. The maximum absolute atomic E-state index is 11.9. The van der Waals surface area contributed by atoms with Crippen molar-refractivity contribution in [2.24, 2.45) is 0 Å². The SMILES string of the molecule is Cc1cnc[nH]1.Cc1nc(-c2cnc[nH]2)[nH]c(=O)c1C(C)C.Cc1nc(Cl)nc(C)c1C(C)C.c1ccc(C(c2ccccc2)c2ccccc2)cc1. The highest BCUT2D eigenvalue weighted by Gasteiger charge is 2.16. The molecule has 10 heteroatoms. The maximum atomic E-state index is 11.9. The van der Waals surface area contributed by atoms with Crippen molar-refractivity contribution in [1.82, 2.24) is 39.9 Å². The first kappa shape index (κ1) is 40.1. The Morgan fingerprint density at radius 1 is 0.566 bits per heavy atom. The highest BCUT2D eigenvalue weighted by molar-refractivity contribution is 6.28. The third kappa shape index (κ3) is 11.7. The highest BCUT2D eigenvalue weighted by atomic mass is 35.5. The molecule has 9 nitrogen and oxygen atoms in total. The van der Waals surface area contributed by atoms with E-state index >= 15 is 0 Å². The van der Waals surface area contributed by atoms with Crippen LogP contribution in [0.15, 0.2) is 121 Å². The van der Waals surface area contributed by atoms with Gasteiger partial charge in [-0.2, -0.15) is 0 Å². The first-order chi connectivity index (χ1) is 25.5. The zero-order valence-electron chi connectivity index (χ0n) is 31.7. The van der Waals surface area contributed by atoms with Gasteiger partial charge in [0.25, 0.3) is 5.56 Å². The van der Waals surface area contributed by atoms with Crippen LogP contribution in [0.3, 0.4) is 0 Å². The molecule has 0 fully saturated rings. The van der Waals surface area contributed by atoms with Gasteiger partial charge in [0.1, 0.15) is 5.69 Å². The lowest BCUT2D eigenvalue weighted by Crippen LogP contribution is -2.18. The van der Waals surface area contributed by atoms with Gasteiger partial charge in [-0.15, -0.1) is 0 Å². The number of nitrogens with zero attached hydrogens (tertiary/aromatic N) is 5. The van der Waals surface area contributed by atoms with Crippen molar-refractivity contribution in [2.75, 3.05) is 0 Å². The Labute approximate surface area is 317 Å². The molecule has 0 saturated carbocycles. The summed E-state index contributed by atoms with van der Waals surface area (Å²) in [6, 6.07) is 32.0. The lowest BCUT2D eigenvalue weighted by molar-refractivity contribution is 0.812. The van der Waals surface area contributed by atoms with E-state index in [1.807, 2.05) is 41.5 Å². The molecule has 274 valence electrons. The normalized spacial score (nSPS) is 10.6. The standard InChI is InChI=1S/C19H16.C11H14N4O.C9H13ClN2.C4H6N2/c1-4-10-16(11-5-1)19(17-12-6-2-7-13-17)18-14-8-3-9-15-18;1-6(2)9-7(3)14-10(15-11(9)16)8-4-12-5-13-8;1-5(2)8-6(3)11-9(10)12-7(8)4;1-4-2-5-3-6-4/h1-15,19H;4-6H,1-3H3,(H,12,13)(H,14,15,16);5H,1-4H3;2-3H,1H3,(H,5,6). The first-order valence-electron chi connectivity index (χ1n) is 17.7. The predicted molar refractivity (Wildman–Crippen MR) is 215 cm³/mol. The number of rotatable bonds is 6.